The minimum Gasteiger partial charge on any atom is -0.508 e. The van der Waals surface area contributed by atoms with E-state index in [2.05, 4.69) is 0 Å². The van der Waals surface area contributed by atoms with Crippen molar-refractivity contribution in [2.75, 3.05) is 6.61 Å². The Bertz CT molecular complexity index is 598. The molecule has 0 aliphatic carbocycles. The second-order valence-corrected chi connectivity index (χ2v) is 6.98. The van der Waals surface area contributed by atoms with Gasteiger partial charge in [-0.2, -0.15) is 0 Å². The molecular formula is C17H26O9. The molecule has 9 nitrogen and oxygen atoms in total. The van der Waals surface area contributed by atoms with E-state index in [0.29, 0.717) is 5.56 Å². The van der Waals surface area contributed by atoms with E-state index in [4.69, 9.17) is 9.47 Å². The molecule has 1 aromatic carbocycles. The van der Waals surface area contributed by atoms with Gasteiger partial charge in [0.15, 0.2) is 0 Å². The van der Waals surface area contributed by atoms with Gasteiger partial charge in [-0.3, -0.25) is 0 Å². The Hall–Kier alpha value is -1.46. The summed E-state index contributed by atoms with van der Waals surface area (Å²) in [7, 11) is 0. The zero-order valence-electron chi connectivity index (χ0n) is 14.6. The van der Waals surface area contributed by atoms with E-state index < -0.39 is 49.0 Å². The van der Waals surface area contributed by atoms with Crippen molar-refractivity contribution in [3.63, 3.8) is 0 Å². The Kier molecular flexibility index (Phi) is 6.46. The van der Waals surface area contributed by atoms with Crippen molar-refractivity contribution in [3.05, 3.63) is 23.8 Å². The Morgan fingerprint density at radius 2 is 1.81 bits per heavy atom. The van der Waals surface area contributed by atoms with Crippen molar-refractivity contribution in [3.8, 4) is 11.5 Å². The molecule has 0 saturated carbocycles. The van der Waals surface area contributed by atoms with Gasteiger partial charge < -0.3 is 45.2 Å². The van der Waals surface area contributed by atoms with Crippen LogP contribution in [0.5, 0.6) is 11.5 Å². The first-order valence-electron chi connectivity index (χ1n) is 8.24. The lowest BCUT2D eigenvalue weighted by Crippen LogP contribution is -2.60. The number of ether oxygens (including phenoxy) is 2. The maximum absolute atomic E-state index is 10.1. The lowest BCUT2D eigenvalue weighted by molar-refractivity contribution is -0.277. The smallest absolute Gasteiger partial charge is 0.229 e. The van der Waals surface area contributed by atoms with Crippen molar-refractivity contribution in [2.24, 2.45) is 0 Å². The second-order valence-electron chi connectivity index (χ2n) is 6.98. The van der Waals surface area contributed by atoms with Crippen molar-refractivity contribution in [1.82, 2.24) is 0 Å². The van der Waals surface area contributed by atoms with Crippen LogP contribution < -0.4 is 4.74 Å². The van der Waals surface area contributed by atoms with Gasteiger partial charge in [0.25, 0.3) is 0 Å². The summed E-state index contributed by atoms with van der Waals surface area (Å²) in [6, 6.07) is 4.02. The molecule has 6 atom stereocenters. The zero-order valence-corrected chi connectivity index (χ0v) is 14.6. The Balaban J connectivity index is 2.23. The summed E-state index contributed by atoms with van der Waals surface area (Å²) >= 11 is 0. The Morgan fingerprint density at radius 1 is 1.15 bits per heavy atom. The van der Waals surface area contributed by atoms with Gasteiger partial charge in [0.2, 0.25) is 6.29 Å². The molecule has 7 N–H and O–H groups in total. The third-order valence-corrected chi connectivity index (χ3v) is 4.36. The van der Waals surface area contributed by atoms with Crippen LogP contribution >= 0.6 is 0 Å². The maximum Gasteiger partial charge on any atom is 0.229 e. The van der Waals surface area contributed by atoms with Gasteiger partial charge in [0.1, 0.15) is 35.9 Å². The first-order chi connectivity index (χ1) is 12.0. The molecule has 1 saturated heterocycles. The van der Waals surface area contributed by atoms with Crippen LogP contribution in [0.1, 0.15) is 19.4 Å². The highest BCUT2D eigenvalue weighted by Crippen LogP contribution is 2.30. The van der Waals surface area contributed by atoms with Crippen LogP contribution in [-0.4, -0.2) is 84.8 Å². The molecule has 0 aromatic heterocycles. The van der Waals surface area contributed by atoms with Crippen LogP contribution in [0.4, 0.5) is 0 Å². The number of phenols is 1. The predicted octanol–water partition coefficient (Wildman–Crippen LogP) is -1.75. The monoisotopic (exact) mass is 374 g/mol. The summed E-state index contributed by atoms with van der Waals surface area (Å²) in [6.07, 6.45) is -8.44. The SMILES string of the molecule is CC(C)(O)[C@H](O)Cc1cc(O)ccc1O[C@H]1O[C@@H](CO)[C@@H](O)[C@@H](O)[C@H]1O. The first-order valence-corrected chi connectivity index (χ1v) is 8.24. The molecule has 1 aliphatic rings. The Labute approximate surface area is 150 Å². The number of aliphatic hydroxyl groups is 6. The fourth-order valence-corrected chi connectivity index (χ4v) is 2.59. The average Bonchev–Trinajstić information content (AvgIpc) is 2.56. The van der Waals surface area contributed by atoms with E-state index in [1.54, 1.807) is 0 Å². The summed E-state index contributed by atoms with van der Waals surface area (Å²) in [5.74, 6) is 0.0412. The van der Waals surface area contributed by atoms with Crippen molar-refractivity contribution in [2.45, 2.75) is 62.7 Å². The molecule has 0 unspecified atom stereocenters. The van der Waals surface area contributed by atoms with Gasteiger partial charge >= 0.3 is 0 Å². The minimum atomic E-state index is -1.59. The topological polar surface area (TPSA) is 160 Å². The maximum atomic E-state index is 10.1. The highest BCUT2D eigenvalue weighted by atomic mass is 16.7. The van der Waals surface area contributed by atoms with Gasteiger partial charge in [-0.15, -0.1) is 0 Å². The predicted molar refractivity (Wildman–Crippen MR) is 88.5 cm³/mol. The molecule has 2 rings (SSSR count). The van der Waals surface area contributed by atoms with E-state index in [9.17, 15) is 35.7 Å². The Morgan fingerprint density at radius 3 is 2.38 bits per heavy atom. The molecule has 26 heavy (non-hydrogen) atoms. The fraction of sp³-hybridized carbons (Fsp3) is 0.647. The molecular weight excluding hydrogens is 348 g/mol. The number of hydrogen-bond donors (Lipinski definition) is 7. The lowest BCUT2D eigenvalue weighted by atomic mass is 9.94. The summed E-state index contributed by atoms with van der Waals surface area (Å²) in [4.78, 5) is 0. The second kappa shape index (κ2) is 8.05. The quantitative estimate of drug-likeness (QED) is 0.306. The van der Waals surface area contributed by atoms with Crippen molar-refractivity contribution < 1.29 is 45.2 Å². The van der Waals surface area contributed by atoms with Crippen LogP contribution in [0.15, 0.2) is 18.2 Å². The molecule has 1 aliphatic heterocycles. The molecule has 1 aromatic rings. The zero-order chi connectivity index (χ0) is 19.6. The van der Waals surface area contributed by atoms with Gasteiger partial charge in [-0.05, 0) is 32.0 Å². The van der Waals surface area contributed by atoms with E-state index in [-0.39, 0.29) is 17.9 Å². The minimum absolute atomic E-state index is 0.0648. The van der Waals surface area contributed by atoms with E-state index >= 15 is 0 Å². The number of phenolic OH excluding ortho intramolecular Hbond substituents is 1. The van der Waals surface area contributed by atoms with Crippen LogP contribution in [0.25, 0.3) is 0 Å². The van der Waals surface area contributed by atoms with Crippen LogP contribution in [-0.2, 0) is 11.2 Å². The number of rotatable bonds is 6. The highest BCUT2D eigenvalue weighted by Gasteiger charge is 2.45. The van der Waals surface area contributed by atoms with E-state index in [0.717, 1.165) is 0 Å². The van der Waals surface area contributed by atoms with Crippen LogP contribution in [0.3, 0.4) is 0 Å². The molecule has 0 radical (unpaired) electrons. The van der Waals surface area contributed by atoms with Gasteiger partial charge in [-0.25, -0.2) is 0 Å². The average molecular weight is 374 g/mol. The number of hydrogen-bond acceptors (Lipinski definition) is 9. The molecule has 1 fully saturated rings. The standard InChI is InChI=1S/C17H26O9/c1-17(2,24)12(20)6-8-5-9(19)3-4-10(8)25-16-15(23)14(22)13(21)11(7-18)26-16/h3-5,11-16,18-24H,6-7H2,1-2H3/t11-,12+,13+,14+,15+,16-/m0/s1. The van der Waals surface area contributed by atoms with Crippen molar-refractivity contribution in [1.29, 1.82) is 0 Å². The van der Waals surface area contributed by atoms with Gasteiger partial charge in [0, 0.05) is 12.0 Å². The highest BCUT2D eigenvalue weighted by molar-refractivity contribution is 5.40. The summed E-state index contributed by atoms with van der Waals surface area (Å²) in [5, 5.41) is 68.6. The van der Waals surface area contributed by atoms with Gasteiger partial charge in [-0.1, -0.05) is 0 Å². The lowest BCUT2D eigenvalue weighted by Gasteiger charge is -2.39. The molecule has 148 valence electrons. The summed E-state index contributed by atoms with van der Waals surface area (Å²) in [5.41, 5.74) is -1.07. The molecule has 0 bridgehead atoms. The third kappa shape index (κ3) is 4.63. The molecule has 0 amide bonds. The van der Waals surface area contributed by atoms with Crippen molar-refractivity contribution >= 4 is 0 Å². The molecule has 0 spiro atoms. The fourth-order valence-electron chi connectivity index (χ4n) is 2.59. The van der Waals surface area contributed by atoms with E-state index in [1.807, 2.05) is 0 Å². The summed E-state index contributed by atoms with van der Waals surface area (Å²) in [6.45, 7) is 2.27. The van der Waals surface area contributed by atoms with E-state index in [1.165, 1.54) is 32.0 Å². The number of aromatic hydroxyl groups is 1. The number of aliphatic hydroxyl groups excluding tert-OH is 5. The summed E-state index contributed by atoms with van der Waals surface area (Å²) < 4.78 is 10.8. The first kappa shape index (κ1) is 20.8. The molecule has 1 heterocycles. The largest absolute Gasteiger partial charge is 0.508 e. The van der Waals surface area contributed by atoms with Crippen LogP contribution in [0, 0.1) is 0 Å². The third-order valence-electron chi connectivity index (χ3n) is 4.36. The number of benzene rings is 1. The van der Waals surface area contributed by atoms with Crippen LogP contribution in [0.2, 0.25) is 0 Å². The van der Waals surface area contributed by atoms with Gasteiger partial charge in [0.05, 0.1) is 18.3 Å². The molecule has 9 heteroatoms. The normalized spacial score (nSPS) is 30.8.